The van der Waals surface area contributed by atoms with E-state index >= 15 is 0 Å². The maximum atomic E-state index is 12.2. The normalized spacial score (nSPS) is 18.7. The van der Waals surface area contributed by atoms with Crippen LogP contribution >= 0.6 is 0 Å². The lowest BCUT2D eigenvalue weighted by atomic mass is 10.2. The van der Waals surface area contributed by atoms with Crippen molar-refractivity contribution in [2.24, 2.45) is 0 Å². The first-order chi connectivity index (χ1) is 9.24. The van der Waals surface area contributed by atoms with E-state index in [9.17, 15) is 4.79 Å². The van der Waals surface area contributed by atoms with E-state index in [4.69, 9.17) is 10.00 Å². The first kappa shape index (κ1) is 13.2. The van der Waals surface area contributed by atoms with Crippen LogP contribution in [0, 0.1) is 11.3 Å². The van der Waals surface area contributed by atoms with Gasteiger partial charge in [-0.25, -0.2) is 0 Å². The third-order valence-corrected chi connectivity index (χ3v) is 2.74. The van der Waals surface area contributed by atoms with Gasteiger partial charge in [0.05, 0.1) is 19.2 Å². The van der Waals surface area contributed by atoms with Gasteiger partial charge >= 0.3 is 0 Å². The molecule has 19 heavy (non-hydrogen) atoms. The molecule has 1 N–H and O–H groups in total. The number of anilines is 1. The molecule has 0 spiro atoms. The number of nitrogens with one attached hydrogen (secondary N) is 1. The van der Waals surface area contributed by atoms with E-state index in [2.05, 4.69) is 15.5 Å². The summed E-state index contributed by atoms with van der Waals surface area (Å²) in [4.78, 5) is 13.7. The van der Waals surface area contributed by atoms with Crippen LogP contribution in [0.4, 0.5) is 5.82 Å². The molecule has 1 aliphatic rings. The number of hydrogen-bond donors (Lipinski definition) is 1. The Balaban J connectivity index is 2.04. The monoisotopic (exact) mass is 261 g/mol. The molecule has 1 atom stereocenters. The lowest BCUT2D eigenvalue weighted by molar-refractivity contribution is 0.00315. The van der Waals surface area contributed by atoms with E-state index in [1.165, 1.54) is 0 Å². The van der Waals surface area contributed by atoms with E-state index in [0.717, 1.165) is 6.54 Å². The van der Waals surface area contributed by atoms with Gasteiger partial charge in [0.2, 0.25) is 0 Å². The third-order valence-electron chi connectivity index (χ3n) is 2.74. The number of nitriles is 1. The van der Waals surface area contributed by atoms with Crippen molar-refractivity contribution in [2.45, 2.75) is 13.0 Å². The largest absolute Gasteiger partial charge is 0.369 e. The Kier molecular flexibility index (Phi) is 4.26. The highest BCUT2D eigenvalue weighted by Gasteiger charge is 2.25. The first-order valence-corrected chi connectivity index (χ1v) is 6.12. The fourth-order valence-electron chi connectivity index (χ4n) is 1.80. The zero-order valence-electron chi connectivity index (χ0n) is 10.7. The smallest absolute Gasteiger partial charge is 0.274 e. The molecule has 0 bridgehead atoms. The standard InChI is InChI=1S/C12H15N5O2/c1-2-14-11-4-3-10(15-16-11)12(18)17-5-6-19-9(7-13)8-17/h3-4,9H,2,5-6,8H2,1H3,(H,14,16). The Bertz CT molecular complexity index is 482. The number of aromatic nitrogens is 2. The van der Waals surface area contributed by atoms with Crippen molar-refractivity contribution in [2.75, 3.05) is 31.6 Å². The zero-order chi connectivity index (χ0) is 13.7. The summed E-state index contributed by atoms with van der Waals surface area (Å²) < 4.78 is 5.19. The zero-order valence-corrected chi connectivity index (χ0v) is 10.7. The second-order valence-corrected chi connectivity index (χ2v) is 4.07. The molecular formula is C12H15N5O2. The number of carbonyl (C=O) groups is 1. The molecule has 0 radical (unpaired) electrons. The van der Waals surface area contributed by atoms with Gasteiger partial charge in [0, 0.05) is 13.1 Å². The highest BCUT2D eigenvalue weighted by Crippen LogP contribution is 2.09. The van der Waals surface area contributed by atoms with Crippen LogP contribution in [0.3, 0.4) is 0 Å². The van der Waals surface area contributed by atoms with Crippen molar-refractivity contribution in [3.05, 3.63) is 17.8 Å². The number of carbonyl (C=O) groups excluding carboxylic acids is 1. The Morgan fingerprint density at radius 2 is 2.47 bits per heavy atom. The van der Waals surface area contributed by atoms with Gasteiger partial charge in [-0.15, -0.1) is 10.2 Å². The minimum atomic E-state index is -0.563. The molecule has 1 amide bonds. The SMILES string of the molecule is CCNc1ccc(C(=O)N2CCOC(C#N)C2)nn1. The summed E-state index contributed by atoms with van der Waals surface area (Å²) in [5, 5.41) is 19.6. The maximum Gasteiger partial charge on any atom is 0.274 e. The predicted octanol–water partition coefficient (Wildman–Crippen LogP) is 0.273. The molecule has 0 saturated carbocycles. The van der Waals surface area contributed by atoms with Crippen LogP contribution in [-0.4, -0.2) is 53.3 Å². The van der Waals surface area contributed by atoms with Crippen molar-refractivity contribution >= 4 is 11.7 Å². The van der Waals surface area contributed by atoms with Gasteiger partial charge in [-0.1, -0.05) is 0 Å². The fraction of sp³-hybridized carbons (Fsp3) is 0.500. The molecule has 2 rings (SSSR count). The van der Waals surface area contributed by atoms with Gasteiger partial charge in [0.25, 0.3) is 5.91 Å². The summed E-state index contributed by atoms with van der Waals surface area (Å²) in [6.45, 7) is 3.80. The Labute approximate surface area is 111 Å². The molecule has 7 heteroatoms. The van der Waals surface area contributed by atoms with E-state index < -0.39 is 6.10 Å². The molecule has 2 heterocycles. The number of rotatable bonds is 3. The summed E-state index contributed by atoms with van der Waals surface area (Å²) in [6.07, 6.45) is -0.563. The molecular weight excluding hydrogens is 246 g/mol. The molecule has 1 unspecified atom stereocenters. The molecule has 100 valence electrons. The number of morpholine rings is 1. The Morgan fingerprint density at radius 1 is 1.63 bits per heavy atom. The topological polar surface area (TPSA) is 91.1 Å². The minimum absolute atomic E-state index is 0.223. The summed E-state index contributed by atoms with van der Waals surface area (Å²) in [5.41, 5.74) is 0.278. The second-order valence-electron chi connectivity index (χ2n) is 4.07. The van der Waals surface area contributed by atoms with E-state index in [1.54, 1.807) is 17.0 Å². The van der Waals surface area contributed by atoms with Gasteiger partial charge in [-0.05, 0) is 19.1 Å². The van der Waals surface area contributed by atoms with E-state index in [0.29, 0.717) is 19.0 Å². The molecule has 7 nitrogen and oxygen atoms in total. The van der Waals surface area contributed by atoms with Crippen molar-refractivity contribution < 1.29 is 9.53 Å². The lowest BCUT2D eigenvalue weighted by Crippen LogP contribution is -2.45. The molecule has 1 saturated heterocycles. The predicted molar refractivity (Wildman–Crippen MR) is 67.5 cm³/mol. The summed E-state index contributed by atoms with van der Waals surface area (Å²) in [7, 11) is 0. The average Bonchev–Trinajstić information content (AvgIpc) is 2.48. The first-order valence-electron chi connectivity index (χ1n) is 6.12. The highest BCUT2D eigenvalue weighted by atomic mass is 16.5. The van der Waals surface area contributed by atoms with Crippen LogP contribution in [0.5, 0.6) is 0 Å². The Morgan fingerprint density at radius 3 is 3.11 bits per heavy atom. The number of amides is 1. The molecule has 1 fully saturated rings. The molecule has 0 aromatic carbocycles. The van der Waals surface area contributed by atoms with Crippen LogP contribution in [0.25, 0.3) is 0 Å². The van der Waals surface area contributed by atoms with Crippen molar-refractivity contribution in [3.63, 3.8) is 0 Å². The van der Waals surface area contributed by atoms with Gasteiger partial charge < -0.3 is 15.0 Å². The molecule has 0 aliphatic carbocycles. The van der Waals surface area contributed by atoms with Crippen LogP contribution in [0.15, 0.2) is 12.1 Å². The highest BCUT2D eigenvalue weighted by molar-refractivity contribution is 5.92. The summed E-state index contributed by atoms with van der Waals surface area (Å²) in [5.74, 6) is 0.412. The van der Waals surface area contributed by atoms with Crippen LogP contribution in [-0.2, 0) is 4.74 Å². The van der Waals surface area contributed by atoms with Gasteiger partial charge in [0.1, 0.15) is 5.82 Å². The van der Waals surface area contributed by atoms with Gasteiger partial charge in [-0.3, -0.25) is 4.79 Å². The fourth-order valence-corrected chi connectivity index (χ4v) is 1.80. The van der Waals surface area contributed by atoms with Gasteiger partial charge in [0.15, 0.2) is 11.8 Å². The van der Waals surface area contributed by atoms with Crippen molar-refractivity contribution in [1.82, 2.24) is 15.1 Å². The number of ether oxygens (including phenoxy) is 1. The molecule has 1 aromatic rings. The number of hydrogen-bond acceptors (Lipinski definition) is 6. The van der Waals surface area contributed by atoms with Crippen molar-refractivity contribution in [1.29, 1.82) is 5.26 Å². The second kappa shape index (κ2) is 6.11. The lowest BCUT2D eigenvalue weighted by Gasteiger charge is -2.29. The Hall–Kier alpha value is -2.20. The average molecular weight is 261 g/mol. The number of nitrogens with zero attached hydrogens (tertiary/aromatic N) is 4. The van der Waals surface area contributed by atoms with Gasteiger partial charge in [-0.2, -0.15) is 5.26 Å². The van der Waals surface area contributed by atoms with E-state index in [-0.39, 0.29) is 18.1 Å². The van der Waals surface area contributed by atoms with E-state index in [1.807, 2.05) is 13.0 Å². The molecule has 1 aromatic heterocycles. The maximum absolute atomic E-state index is 12.2. The molecule has 1 aliphatic heterocycles. The minimum Gasteiger partial charge on any atom is -0.369 e. The van der Waals surface area contributed by atoms with Crippen LogP contribution in [0.1, 0.15) is 17.4 Å². The summed E-state index contributed by atoms with van der Waals surface area (Å²) in [6, 6.07) is 5.35. The third kappa shape index (κ3) is 3.17. The van der Waals surface area contributed by atoms with Crippen molar-refractivity contribution in [3.8, 4) is 6.07 Å². The summed E-state index contributed by atoms with van der Waals surface area (Å²) >= 11 is 0. The van der Waals surface area contributed by atoms with Crippen LogP contribution < -0.4 is 5.32 Å². The quantitative estimate of drug-likeness (QED) is 0.840. The van der Waals surface area contributed by atoms with Crippen LogP contribution in [0.2, 0.25) is 0 Å².